The molecule has 0 spiro atoms. The molecule has 0 radical (unpaired) electrons. The molecule has 3 aromatic carbocycles. The number of H-pyrrole nitrogens is 1. The minimum atomic E-state index is -0.122. The molecule has 5 nitrogen and oxygen atoms in total. The number of aromatic nitrogens is 2. The third-order valence-electron chi connectivity index (χ3n) is 6.70. The summed E-state index contributed by atoms with van der Waals surface area (Å²) in [5, 5.41) is 4.70. The zero-order chi connectivity index (χ0) is 23.5. The average molecular weight is 473 g/mol. The molecule has 6 heteroatoms. The Bertz CT molecular complexity index is 1320. The number of rotatable bonds is 6. The van der Waals surface area contributed by atoms with Crippen LogP contribution in [0.15, 0.2) is 77.6 Å². The van der Waals surface area contributed by atoms with E-state index >= 15 is 0 Å². The van der Waals surface area contributed by atoms with Gasteiger partial charge in [0.1, 0.15) is 5.82 Å². The number of hydrogen-bond acceptors (Lipinski definition) is 4. The van der Waals surface area contributed by atoms with Gasteiger partial charge in [-0.2, -0.15) is 0 Å². The molecule has 2 unspecified atom stereocenters. The molecule has 0 aliphatic carbocycles. The van der Waals surface area contributed by atoms with Gasteiger partial charge in [-0.05, 0) is 49.1 Å². The highest BCUT2D eigenvalue weighted by atomic mass is 35.5. The molecule has 1 aliphatic heterocycles. The summed E-state index contributed by atoms with van der Waals surface area (Å²) in [4.78, 5) is 23.5. The van der Waals surface area contributed by atoms with Gasteiger partial charge in [0.2, 0.25) is 0 Å². The van der Waals surface area contributed by atoms with E-state index in [1.807, 2.05) is 6.07 Å². The van der Waals surface area contributed by atoms with Crippen LogP contribution in [0, 0.1) is 6.92 Å². The minimum Gasteiger partial charge on any atom is -0.314 e. The zero-order valence-electron chi connectivity index (χ0n) is 19.3. The standard InChI is InChI=1S/C28H29ClN4O/c1-19-7-10-21(11-8-19)26-18-30-15-16-33(26)25(14-9-20-5-3-2-4-6-20)27-31-24-17-22(29)12-13-23(24)28(34)32-27/h2-8,10-13,17,25-26,30H,9,14-16,18H2,1H3,(H,31,32,34). The summed E-state index contributed by atoms with van der Waals surface area (Å²) in [6, 6.07) is 24.7. The van der Waals surface area contributed by atoms with Crippen LogP contribution >= 0.6 is 11.6 Å². The molecule has 1 saturated heterocycles. The molecule has 5 rings (SSSR count). The van der Waals surface area contributed by atoms with Crippen molar-refractivity contribution in [3.05, 3.63) is 111 Å². The molecule has 0 saturated carbocycles. The number of nitrogens with one attached hydrogen (secondary N) is 2. The van der Waals surface area contributed by atoms with Crippen molar-refractivity contribution >= 4 is 22.5 Å². The van der Waals surface area contributed by atoms with E-state index < -0.39 is 0 Å². The number of aryl methyl sites for hydroxylation is 2. The van der Waals surface area contributed by atoms with E-state index in [0.29, 0.717) is 21.7 Å². The Morgan fingerprint density at radius 2 is 1.88 bits per heavy atom. The summed E-state index contributed by atoms with van der Waals surface area (Å²) in [6.07, 6.45) is 1.74. The third kappa shape index (κ3) is 4.92. The number of aromatic amines is 1. The van der Waals surface area contributed by atoms with E-state index in [4.69, 9.17) is 16.6 Å². The van der Waals surface area contributed by atoms with E-state index in [1.54, 1.807) is 18.2 Å². The lowest BCUT2D eigenvalue weighted by atomic mass is 9.96. The van der Waals surface area contributed by atoms with Gasteiger partial charge in [-0.25, -0.2) is 4.98 Å². The van der Waals surface area contributed by atoms with Crippen molar-refractivity contribution in [1.29, 1.82) is 0 Å². The molecule has 1 aliphatic rings. The molecule has 0 bridgehead atoms. The predicted molar refractivity (Wildman–Crippen MR) is 138 cm³/mol. The van der Waals surface area contributed by atoms with Crippen LogP contribution in [0.25, 0.3) is 10.9 Å². The Balaban J connectivity index is 1.56. The zero-order valence-corrected chi connectivity index (χ0v) is 20.1. The number of piperazine rings is 1. The number of halogens is 1. The quantitative estimate of drug-likeness (QED) is 0.404. The van der Waals surface area contributed by atoms with Crippen LogP contribution in [0.4, 0.5) is 0 Å². The first kappa shape index (κ1) is 22.8. The molecular weight excluding hydrogens is 444 g/mol. The highest BCUT2D eigenvalue weighted by molar-refractivity contribution is 6.31. The highest BCUT2D eigenvalue weighted by Crippen LogP contribution is 2.34. The topological polar surface area (TPSA) is 61.0 Å². The summed E-state index contributed by atoms with van der Waals surface area (Å²) in [5.74, 6) is 0.703. The molecule has 1 fully saturated rings. The number of hydrogen-bond donors (Lipinski definition) is 2. The van der Waals surface area contributed by atoms with Gasteiger partial charge in [0.15, 0.2) is 0 Å². The second-order valence-electron chi connectivity index (χ2n) is 9.02. The van der Waals surface area contributed by atoms with E-state index in [9.17, 15) is 4.79 Å². The minimum absolute atomic E-state index is 0.0373. The van der Waals surface area contributed by atoms with E-state index in [-0.39, 0.29) is 17.6 Å². The van der Waals surface area contributed by atoms with Crippen LogP contribution in [0.1, 0.15) is 41.0 Å². The monoisotopic (exact) mass is 472 g/mol. The Labute approximate surface area is 204 Å². The van der Waals surface area contributed by atoms with E-state index in [0.717, 1.165) is 32.5 Å². The maximum Gasteiger partial charge on any atom is 0.258 e. The third-order valence-corrected chi connectivity index (χ3v) is 6.93. The van der Waals surface area contributed by atoms with Crippen molar-refractivity contribution in [2.45, 2.75) is 31.8 Å². The normalized spacial score (nSPS) is 17.6. The average Bonchev–Trinajstić information content (AvgIpc) is 2.85. The number of nitrogens with zero attached hydrogens (tertiary/aromatic N) is 2. The summed E-state index contributed by atoms with van der Waals surface area (Å²) in [5.41, 5.74) is 4.31. The summed E-state index contributed by atoms with van der Waals surface area (Å²) < 4.78 is 0. The number of fused-ring (bicyclic) bond motifs is 1. The Morgan fingerprint density at radius 1 is 1.09 bits per heavy atom. The maximum absolute atomic E-state index is 13.0. The first-order chi connectivity index (χ1) is 16.6. The van der Waals surface area contributed by atoms with Crippen LogP contribution in [-0.4, -0.2) is 34.5 Å². The molecule has 2 atom stereocenters. The smallest absolute Gasteiger partial charge is 0.258 e. The molecule has 34 heavy (non-hydrogen) atoms. The van der Waals surface area contributed by atoms with Gasteiger partial charge in [0.05, 0.1) is 16.9 Å². The fourth-order valence-corrected chi connectivity index (χ4v) is 5.05. The van der Waals surface area contributed by atoms with Crippen molar-refractivity contribution in [3.63, 3.8) is 0 Å². The summed E-state index contributed by atoms with van der Waals surface area (Å²) >= 11 is 6.24. The van der Waals surface area contributed by atoms with Gasteiger partial charge in [-0.3, -0.25) is 9.69 Å². The SMILES string of the molecule is Cc1ccc(C2CNCCN2C(CCc2ccccc2)c2nc3cc(Cl)ccc3c(=O)[nH]2)cc1. The van der Waals surface area contributed by atoms with Crippen LogP contribution in [0.3, 0.4) is 0 Å². The second-order valence-corrected chi connectivity index (χ2v) is 9.46. The Kier molecular flexibility index (Phi) is 6.77. The van der Waals surface area contributed by atoms with Crippen molar-refractivity contribution in [3.8, 4) is 0 Å². The molecular formula is C28H29ClN4O. The van der Waals surface area contributed by atoms with Crippen LogP contribution in [0.5, 0.6) is 0 Å². The van der Waals surface area contributed by atoms with Gasteiger partial charge < -0.3 is 10.3 Å². The lowest BCUT2D eigenvalue weighted by molar-refractivity contribution is 0.0947. The van der Waals surface area contributed by atoms with Crippen LogP contribution in [0.2, 0.25) is 5.02 Å². The molecule has 4 aromatic rings. The molecule has 1 aromatic heterocycles. The van der Waals surface area contributed by atoms with Crippen molar-refractivity contribution < 1.29 is 0 Å². The van der Waals surface area contributed by atoms with Gasteiger partial charge in [-0.1, -0.05) is 71.8 Å². The molecule has 174 valence electrons. The molecule has 2 N–H and O–H groups in total. The summed E-state index contributed by atoms with van der Waals surface area (Å²) in [6.45, 7) is 4.73. The van der Waals surface area contributed by atoms with Crippen LogP contribution in [-0.2, 0) is 6.42 Å². The highest BCUT2D eigenvalue weighted by Gasteiger charge is 2.32. The Morgan fingerprint density at radius 3 is 2.68 bits per heavy atom. The van der Waals surface area contributed by atoms with Crippen LogP contribution < -0.4 is 10.9 Å². The maximum atomic E-state index is 13.0. The second kappa shape index (κ2) is 10.1. The number of benzene rings is 3. The first-order valence-electron chi connectivity index (χ1n) is 11.8. The first-order valence-corrected chi connectivity index (χ1v) is 12.2. The molecule has 2 heterocycles. The summed E-state index contributed by atoms with van der Waals surface area (Å²) in [7, 11) is 0. The van der Waals surface area contributed by atoms with Gasteiger partial charge in [0, 0.05) is 30.7 Å². The lowest BCUT2D eigenvalue weighted by Gasteiger charge is -2.41. The van der Waals surface area contributed by atoms with Gasteiger partial charge in [0.25, 0.3) is 5.56 Å². The van der Waals surface area contributed by atoms with E-state index in [1.165, 1.54) is 16.7 Å². The van der Waals surface area contributed by atoms with Crippen molar-refractivity contribution in [2.24, 2.45) is 0 Å². The van der Waals surface area contributed by atoms with Gasteiger partial charge >= 0.3 is 0 Å². The molecule has 0 amide bonds. The largest absolute Gasteiger partial charge is 0.314 e. The van der Waals surface area contributed by atoms with Crippen molar-refractivity contribution in [2.75, 3.05) is 19.6 Å². The van der Waals surface area contributed by atoms with Gasteiger partial charge in [-0.15, -0.1) is 0 Å². The fourth-order valence-electron chi connectivity index (χ4n) is 4.89. The Hall–Kier alpha value is -2.99. The predicted octanol–water partition coefficient (Wildman–Crippen LogP) is 5.21. The lowest BCUT2D eigenvalue weighted by Crippen LogP contribution is -2.48. The van der Waals surface area contributed by atoms with E-state index in [2.05, 4.69) is 70.7 Å². The van der Waals surface area contributed by atoms with Crippen molar-refractivity contribution in [1.82, 2.24) is 20.2 Å². The fraction of sp³-hybridized carbons (Fsp3) is 0.286.